The SMILES string of the molecule is Cc1ccsc1N(C)C(=O)C(C)CCN. The van der Waals surface area contributed by atoms with E-state index in [2.05, 4.69) is 0 Å². The van der Waals surface area contributed by atoms with Crippen LogP contribution in [-0.4, -0.2) is 19.5 Å². The fourth-order valence-electron chi connectivity index (χ4n) is 1.51. The minimum atomic E-state index is 0.00139. The molecule has 0 saturated carbocycles. The molecule has 0 fully saturated rings. The van der Waals surface area contributed by atoms with Gasteiger partial charge in [0.15, 0.2) is 0 Å². The monoisotopic (exact) mass is 226 g/mol. The van der Waals surface area contributed by atoms with Crippen molar-refractivity contribution in [3.8, 4) is 0 Å². The van der Waals surface area contributed by atoms with Gasteiger partial charge >= 0.3 is 0 Å². The van der Waals surface area contributed by atoms with E-state index in [0.717, 1.165) is 17.0 Å². The molecule has 0 spiro atoms. The van der Waals surface area contributed by atoms with Crippen LogP contribution in [0.1, 0.15) is 18.9 Å². The van der Waals surface area contributed by atoms with Gasteiger partial charge in [0.1, 0.15) is 5.00 Å². The maximum Gasteiger partial charge on any atom is 0.230 e. The Balaban J connectivity index is 2.73. The van der Waals surface area contributed by atoms with E-state index in [1.165, 1.54) is 0 Å². The number of nitrogens with two attached hydrogens (primary N) is 1. The van der Waals surface area contributed by atoms with Crippen molar-refractivity contribution in [3.05, 3.63) is 17.0 Å². The first-order valence-corrected chi connectivity index (χ1v) is 5.97. The smallest absolute Gasteiger partial charge is 0.230 e. The summed E-state index contributed by atoms with van der Waals surface area (Å²) in [6.45, 7) is 4.50. The lowest BCUT2D eigenvalue weighted by molar-refractivity contribution is -0.121. The molecule has 4 heteroatoms. The minimum absolute atomic E-state index is 0.00139. The van der Waals surface area contributed by atoms with Gasteiger partial charge in [0, 0.05) is 13.0 Å². The predicted molar refractivity (Wildman–Crippen MR) is 65.3 cm³/mol. The summed E-state index contributed by atoms with van der Waals surface area (Å²) in [5.41, 5.74) is 6.60. The Kier molecular flexibility index (Phi) is 4.29. The zero-order valence-corrected chi connectivity index (χ0v) is 10.3. The quantitative estimate of drug-likeness (QED) is 0.853. The largest absolute Gasteiger partial charge is 0.330 e. The van der Waals surface area contributed by atoms with Crippen LogP contribution >= 0.6 is 11.3 Å². The highest BCUT2D eigenvalue weighted by Gasteiger charge is 2.19. The third-order valence-corrected chi connectivity index (χ3v) is 3.58. The van der Waals surface area contributed by atoms with Crippen LogP contribution in [0.4, 0.5) is 5.00 Å². The third kappa shape index (κ3) is 2.79. The van der Waals surface area contributed by atoms with E-state index in [4.69, 9.17) is 5.73 Å². The molecule has 2 N–H and O–H groups in total. The first-order valence-electron chi connectivity index (χ1n) is 5.09. The van der Waals surface area contributed by atoms with E-state index in [1.807, 2.05) is 32.3 Å². The maximum atomic E-state index is 12.0. The molecule has 1 amide bonds. The van der Waals surface area contributed by atoms with Gasteiger partial charge in [0.2, 0.25) is 5.91 Å². The summed E-state index contributed by atoms with van der Waals surface area (Å²) in [6.07, 6.45) is 0.744. The van der Waals surface area contributed by atoms with Crippen LogP contribution in [0, 0.1) is 12.8 Å². The molecular weight excluding hydrogens is 208 g/mol. The molecule has 15 heavy (non-hydrogen) atoms. The van der Waals surface area contributed by atoms with Crippen molar-refractivity contribution in [3.63, 3.8) is 0 Å². The summed E-state index contributed by atoms with van der Waals surface area (Å²) >= 11 is 1.60. The van der Waals surface area contributed by atoms with Crippen molar-refractivity contribution < 1.29 is 4.79 Å². The van der Waals surface area contributed by atoms with Crippen LogP contribution in [0.3, 0.4) is 0 Å². The fourth-order valence-corrected chi connectivity index (χ4v) is 2.42. The highest BCUT2D eigenvalue weighted by molar-refractivity contribution is 7.14. The second-order valence-electron chi connectivity index (χ2n) is 3.78. The molecule has 0 aromatic carbocycles. The number of amides is 1. The summed E-state index contributed by atoms with van der Waals surface area (Å²) in [7, 11) is 1.83. The Morgan fingerprint density at radius 2 is 2.33 bits per heavy atom. The zero-order valence-electron chi connectivity index (χ0n) is 9.49. The second kappa shape index (κ2) is 5.28. The summed E-state index contributed by atoms with van der Waals surface area (Å²) < 4.78 is 0. The molecule has 1 unspecified atom stereocenters. The van der Waals surface area contributed by atoms with Crippen LogP contribution in [0.15, 0.2) is 11.4 Å². The van der Waals surface area contributed by atoms with Gasteiger partial charge in [-0.3, -0.25) is 4.79 Å². The molecule has 0 saturated heterocycles. The van der Waals surface area contributed by atoms with E-state index in [-0.39, 0.29) is 11.8 Å². The Bertz CT molecular complexity index is 335. The summed E-state index contributed by atoms with van der Waals surface area (Å²) in [5, 5.41) is 3.03. The third-order valence-electron chi connectivity index (χ3n) is 2.49. The number of hydrogen-bond donors (Lipinski definition) is 1. The lowest BCUT2D eigenvalue weighted by Crippen LogP contribution is -2.32. The molecule has 1 atom stereocenters. The number of carbonyl (C=O) groups is 1. The van der Waals surface area contributed by atoms with Gasteiger partial charge in [-0.25, -0.2) is 0 Å². The molecular formula is C11H18N2OS. The van der Waals surface area contributed by atoms with Crippen LogP contribution in [0.2, 0.25) is 0 Å². The van der Waals surface area contributed by atoms with Crippen LogP contribution < -0.4 is 10.6 Å². The first kappa shape index (κ1) is 12.2. The maximum absolute atomic E-state index is 12.0. The van der Waals surface area contributed by atoms with E-state index in [0.29, 0.717) is 6.54 Å². The van der Waals surface area contributed by atoms with Gasteiger partial charge in [0.05, 0.1) is 0 Å². The average Bonchev–Trinajstić information content (AvgIpc) is 2.62. The number of thiophene rings is 1. The van der Waals surface area contributed by atoms with E-state index >= 15 is 0 Å². The van der Waals surface area contributed by atoms with Gasteiger partial charge in [-0.05, 0) is 36.9 Å². The van der Waals surface area contributed by atoms with Crippen molar-refractivity contribution in [2.75, 3.05) is 18.5 Å². The van der Waals surface area contributed by atoms with Gasteiger partial charge in [0.25, 0.3) is 0 Å². The lowest BCUT2D eigenvalue weighted by Gasteiger charge is -2.20. The number of nitrogens with zero attached hydrogens (tertiary/aromatic N) is 1. The van der Waals surface area contributed by atoms with Crippen molar-refractivity contribution in [2.45, 2.75) is 20.3 Å². The van der Waals surface area contributed by atoms with Crippen molar-refractivity contribution in [2.24, 2.45) is 11.7 Å². The molecule has 1 heterocycles. The summed E-state index contributed by atoms with van der Waals surface area (Å²) in [4.78, 5) is 13.7. The number of hydrogen-bond acceptors (Lipinski definition) is 3. The van der Waals surface area contributed by atoms with Crippen LogP contribution in [0.5, 0.6) is 0 Å². The molecule has 0 radical (unpaired) electrons. The van der Waals surface area contributed by atoms with Gasteiger partial charge in [-0.1, -0.05) is 6.92 Å². The van der Waals surface area contributed by atoms with E-state index in [1.54, 1.807) is 16.2 Å². The topological polar surface area (TPSA) is 46.3 Å². The Labute approximate surface area is 94.9 Å². The second-order valence-corrected chi connectivity index (χ2v) is 4.68. The highest BCUT2D eigenvalue weighted by Crippen LogP contribution is 2.27. The number of rotatable bonds is 4. The zero-order chi connectivity index (χ0) is 11.4. The minimum Gasteiger partial charge on any atom is -0.330 e. The number of aryl methyl sites for hydroxylation is 1. The first-order chi connectivity index (χ1) is 7.07. The van der Waals surface area contributed by atoms with E-state index < -0.39 is 0 Å². The van der Waals surface area contributed by atoms with Crippen LogP contribution in [-0.2, 0) is 4.79 Å². The Hall–Kier alpha value is -0.870. The van der Waals surface area contributed by atoms with Gasteiger partial charge < -0.3 is 10.6 Å². The Morgan fingerprint density at radius 3 is 2.80 bits per heavy atom. The normalized spacial score (nSPS) is 12.5. The molecule has 0 aliphatic carbocycles. The standard InChI is InChI=1S/C11H18N2OS/c1-8(4-6-12)10(14)13(3)11-9(2)5-7-15-11/h5,7-8H,4,6,12H2,1-3H3. The number of carbonyl (C=O) groups excluding carboxylic acids is 1. The van der Waals surface area contributed by atoms with Crippen molar-refractivity contribution in [1.82, 2.24) is 0 Å². The molecule has 0 aliphatic heterocycles. The van der Waals surface area contributed by atoms with Crippen molar-refractivity contribution >= 4 is 22.2 Å². The van der Waals surface area contributed by atoms with Crippen LogP contribution in [0.25, 0.3) is 0 Å². The average molecular weight is 226 g/mol. The predicted octanol–water partition coefficient (Wildman–Crippen LogP) is 2.00. The Morgan fingerprint density at radius 1 is 1.67 bits per heavy atom. The fraction of sp³-hybridized carbons (Fsp3) is 0.545. The molecule has 1 rings (SSSR count). The molecule has 1 aromatic heterocycles. The summed E-state index contributed by atoms with van der Waals surface area (Å²) in [5.74, 6) is 0.146. The molecule has 0 aliphatic rings. The molecule has 0 bridgehead atoms. The highest BCUT2D eigenvalue weighted by atomic mass is 32.1. The lowest BCUT2D eigenvalue weighted by atomic mass is 10.1. The molecule has 1 aromatic rings. The van der Waals surface area contributed by atoms with Crippen molar-refractivity contribution in [1.29, 1.82) is 0 Å². The summed E-state index contributed by atoms with van der Waals surface area (Å²) in [6, 6.07) is 2.03. The molecule has 84 valence electrons. The van der Waals surface area contributed by atoms with Gasteiger partial charge in [-0.15, -0.1) is 11.3 Å². The molecule has 3 nitrogen and oxygen atoms in total. The number of anilines is 1. The van der Waals surface area contributed by atoms with Gasteiger partial charge in [-0.2, -0.15) is 0 Å². The van der Waals surface area contributed by atoms with E-state index in [9.17, 15) is 4.79 Å².